The normalized spacial score (nSPS) is 15.9. The number of ether oxygens (including phenoxy) is 2. The second-order valence-corrected chi connectivity index (χ2v) is 7.34. The molecule has 0 saturated heterocycles. The molecule has 2 heterocycles. The van der Waals surface area contributed by atoms with Crippen molar-refractivity contribution in [2.45, 2.75) is 33.7 Å². The molecule has 0 amide bonds. The molecule has 0 unspecified atom stereocenters. The molecule has 27 heavy (non-hydrogen) atoms. The minimum Gasteiger partial charge on any atom is -0.478 e. The maximum atomic E-state index is 13.1. The lowest BCUT2D eigenvalue weighted by Gasteiger charge is -2.30. The number of allylic oxidation sites excluding steroid dienone is 2. The van der Waals surface area contributed by atoms with E-state index in [4.69, 9.17) is 9.47 Å². The molecule has 2 aromatic rings. The van der Waals surface area contributed by atoms with Gasteiger partial charge in [0.05, 0.1) is 11.1 Å². The van der Waals surface area contributed by atoms with Crippen LogP contribution in [0.1, 0.15) is 40.9 Å². The highest BCUT2D eigenvalue weighted by Crippen LogP contribution is 2.44. The van der Waals surface area contributed by atoms with Gasteiger partial charge in [-0.1, -0.05) is 12.1 Å². The number of carbonyl (C=O) groups is 1. The molecule has 0 bridgehead atoms. The van der Waals surface area contributed by atoms with Crippen molar-refractivity contribution in [2.24, 2.45) is 0 Å². The molecule has 0 saturated carbocycles. The topological polar surface area (TPSA) is 38.8 Å². The van der Waals surface area contributed by atoms with Gasteiger partial charge in [0.2, 0.25) is 5.78 Å². The maximum Gasteiger partial charge on any atom is 0.232 e. The molecular weight excluding hydrogens is 345 g/mol. The molecule has 0 N–H and O–H groups in total. The number of carbonyl (C=O) groups excluding carboxylic acids is 1. The van der Waals surface area contributed by atoms with Gasteiger partial charge in [0.15, 0.2) is 5.76 Å². The van der Waals surface area contributed by atoms with Crippen molar-refractivity contribution in [3.63, 3.8) is 0 Å². The lowest BCUT2D eigenvalue weighted by molar-refractivity contribution is 0.0948. The summed E-state index contributed by atoms with van der Waals surface area (Å²) in [6.07, 6.45) is 0.798. The summed E-state index contributed by atoms with van der Waals surface area (Å²) in [5.41, 5.74) is 4.40. The molecule has 0 fully saturated rings. The monoisotopic (exact) mass is 367 g/mol. The third-order valence-corrected chi connectivity index (χ3v) is 5.05. The number of rotatable bonds is 3. The van der Waals surface area contributed by atoms with Crippen LogP contribution in [0.5, 0.6) is 11.5 Å². The summed E-state index contributed by atoms with van der Waals surface area (Å²) in [6.45, 7) is 7.59. The average Bonchev–Trinajstić information content (AvgIpc) is 3.00. The van der Waals surface area contributed by atoms with Crippen molar-refractivity contribution in [1.82, 2.24) is 4.90 Å². The number of ketones is 1. The summed E-state index contributed by atoms with van der Waals surface area (Å²) in [4.78, 5) is 14.9. The first kappa shape index (κ1) is 17.7. The fourth-order valence-corrected chi connectivity index (χ4v) is 3.57. The van der Waals surface area contributed by atoms with Crippen LogP contribution >= 0.6 is 0 Å². The van der Waals surface area contributed by atoms with Crippen LogP contribution in [0.3, 0.4) is 0 Å². The second kappa shape index (κ2) is 6.82. The molecule has 0 aromatic heterocycles. The molecule has 5 heteroatoms. The van der Waals surface area contributed by atoms with E-state index in [1.165, 1.54) is 12.1 Å². The van der Waals surface area contributed by atoms with Crippen molar-refractivity contribution < 1.29 is 18.7 Å². The summed E-state index contributed by atoms with van der Waals surface area (Å²) in [5.74, 6) is 1.57. The summed E-state index contributed by atoms with van der Waals surface area (Å²) in [7, 11) is 0. The zero-order valence-electron chi connectivity index (χ0n) is 15.8. The van der Waals surface area contributed by atoms with Crippen LogP contribution in [0.15, 0.2) is 41.7 Å². The number of hydrogen-bond donors (Lipinski definition) is 0. The quantitative estimate of drug-likeness (QED) is 0.754. The molecule has 0 aliphatic carbocycles. The van der Waals surface area contributed by atoms with Crippen LogP contribution in [-0.4, -0.2) is 24.0 Å². The van der Waals surface area contributed by atoms with Crippen molar-refractivity contribution in [1.29, 1.82) is 0 Å². The molecule has 0 radical (unpaired) electrons. The first-order chi connectivity index (χ1) is 12.9. The zero-order valence-corrected chi connectivity index (χ0v) is 15.8. The Balaban J connectivity index is 1.57. The minimum atomic E-state index is -0.225. The van der Waals surface area contributed by atoms with Crippen LogP contribution in [0.2, 0.25) is 0 Å². The summed E-state index contributed by atoms with van der Waals surface area (Å²) < 4.78 is 25.0. The van der Waals surface area contributed by atoms with Crippen molar-refractivity contribution in [3.05, 3.63) is 69.7 Å². The van der Waals surface area contributed by atoms with Crippen molar-refractivity contribution in [3.8, 4) is 11.5 Å². The van der Waals surface area contributed by atoms with E-state index in [2.05, 4.69) is 4.90 Å². The molecule has 0 atom stereocenters. The van der Waals surface area contributed by atoms with E-state index in [1.54, 1.807) is 12.1 Å². The Labute approximate surface area is 158 Å². The smallest absolute Gasteiger partial charge is 0.232 e. The zero-order chi connectivity index (χ0) is 19.1. The van der Waals surface area contributed by atoms with E-state index in [0.717, 1.165) is 41.0 Å². The van der Waals surface area contributed by atoms with Crippen LogP contribution in [0.25, 0.3) is 0 Å². The lowest BCUT2D eigenvalue weighted by atomic mass is 9.98. The summed E-state index contributed by atoms with van der Waals surface area (Å²) >= 11 is 0. The highest BCUT2D eigenvalue weighted by molar-refractivity contribution is 6.14. The van der Waals surface area contributed by atoms with Crippen LogP contribution in [0, 0.1) is 12.7 Å². The van der Waals surface area contributed by atoms with Crippen molar-refractivity contribution >= 4 is 5.78 Å². The van der Waals surface area contributed by atoms with E-state index in [-0.39, 0.29) is 11.6 Å². The van der Waals surface area contributed by atoms with Gasteiger partial charge >= 0.3 is 0 Å². The van der Waals surface area contributed by atoms with Gasteiger partial charge in [-0.3, -0.25) is 9.69 Å². The maximum absolute atomic E-state index is 13.1. The highest BCUT2D eigenvalue weighted by atomic mass is 19.1. The lowest BCUT2D eigenvalue weighted by Crippen LogP contribution is -2.33. The van der Waals surface area contributed by atoms with E-state index in [9.17, 15) is 9.18 Å². The highest BCUT2D eigenvalue weighted by Gasteiger charge is 2.35. The number of aryl methyl sites for hydroxylation is 1. The largest absolute Gasteiger partial charge is 0.478 e. The van der Waals surface area contributed by atoms with Crippen LogP contribution < -0.4 is 9.47 Å². The number of hydrogen-bond acceptors (Lipinski definition) is 4. The number of Topliss-reactive ketones (excluding diaryl/α,β-unsaturated/α-hetero) is 1. The van der Waals surface area contributed by atoms with Gasteiger partial charge in [-0.2, -0.15) is 0 Å². The fraction of sp³-hybridized carbons (Fsp3) is 0.318. The Hall–Kier alpha value is -2.66. The Kier molecular flexibility index (Phi) is 4.48. The van der Waals surface area contributed by atoms with Gasteiger partial charge in [0.25, 0.3) is 0 Å². The molecule has 2 aromatic carbocycles. The molecule has 4 nitrogen and oxygen atoms in total. The van der Waals surface area contributed by atoms with Gasteiger partial charge in [0.1, 0.15) is 24.0 Å². The summed E-state index contributed by atoms with van der Waals surface area (Å²) in [6, 6.07) is 8.50. The standard InChI is InChI=1S/C22H22FNO3/c1-13(2)21-20(25)19-14(3)10-18-17(22(19)27-21)11-24(12-26-18)9-8-15-4-6-16(23)7-5-15/h4-7,10H,8-9,11-12H2,1-3H3. The molecule has 140 valence electrons. The van der Waals surface area contributed by atoms with Crippen LogP contribution in [-0.2, 0) is 13.0 Å². The van der Waals surface area contributed by atoms with Gasteiger partial charge in [0, 0.05) is 13.1 Å². The van der Waals surface area contributed by atoms with Crippen molar-refractivity contribution in [2.75, 3.05) is 13.3 Å². The summed E-state index contributed by atoms with van der Waals surface area (Å²) in [5, 5.41) is 0. The van der Waals surface area contributed by atoms with Gasteiger partial charge in [-0.05, 0) is 62.1 Å². The van der Waals surface area contributed by atoms with Crippen LogP contribution in [0.4, 0.5) is 4.39 Å². The minimum absolute atomic E-state index is 0.0475. The second-order valence-electron chi connectivity index (χ2n) is 7.34. The number of fused-ring (bicyclic) bond motifs is 3. The number of nitrogens with zero attached hydrogens (tertiary/aromatic N) is 1. The Bertz CT molecular complexity index is 943. The molecular formula is C22H22FNO3. The Morgan fingerprint density at radius 3 is 2.67 bits per heavy atom. The van der Waals surface area contributed by atoms with E-state index < -0.39 is 0 Å². The first-order valence-corrected chi connectivity index (χ1v) is 9.10. The van der Waals surface area contributed by atoms with Gasteiger partial charge in [-0.15, -0.1) is 0 Å². The predicted octanol–water partition coefficient (Wildman–Crippen LogP) is 4.40. The third kappa shape index (κ3) is 3.23. The Morgan fingerprint density at radius 2 is 1.96 bits per heavy atom. The van der Waals surface area contributed by atoms with Gasteiger partial charge in [-0.25, -0.2) is 4.39 Å². The number of halogens is 1. The SMILES string of the molecule is CC(C)=C1Oc2c3c(cc(C)c2C1=O)OCN(CCc1ccc(F)cc1)C3. The van der Waals surface area contributed by atoms with E-state index >= 15 is 0 Å². The third-order valence-electron chi connectivity index (χ3n) is 5.05. The molecule has 4 rings (SSSR count). The van der Waals surface area contributed by atoms with Gasteiger partial charge < -0.3 is 9.47 Å². The molecule has 2 aliphatic rings. The molecule has 2 aliphatic heterocycles. The average molecular weight is 367 g/mol. The first-order valence-electron chi connectivity index (χ1n) is 9.10. The van der Waals surface area contributed by atoms with E-state index in [1.807, 2.05) is 26.8 Å². The fourth-order valence-electron chi connectivity index (χ4n) is 3.57. The molecule has 0 spiro atoms. The predicted molar refractivity (Wildman–Crippen MR) is 101 cm³/mol. The number of benzene rings is 2. The van der Waals surface area contributed by atoms with E-state index in [0.29, 0.717) is 30.3 Å². The Morgan fingerprint density at radius 1 is 1.22 bits per heavy atom.